The number of aromatic nitrogens is 2. The Labute approximate surface area is 81.4 Å². The van der Waals surface area contributed by atoms with Gasteiger partial charge in [0.25, 0.3) is 0 Å². The first kappa shape index (κ1) is 9.33. The molecule has 0 fully saturated rings. The van der Waals surface area contributed by atoms with Gasteiger partial charge in [0.1, 0.15) is 5.83 Å². The molecule has 1 aromatic rings. The van der Waals surface area contributed by atoms with E-state index in [-0.39, 0.29) is 5.83 Å². The van der Waals surface area contributed by atoms with Crippen LogP contribution in [0, 0.1) is 6.92 Å². The SMILES string of the molecule is Cc1nc(CN2CCC=C(F)C2)no1. The summed E-state index contributed by atoms with van der Waals surface area (Å²) in [5.41, 5.74) is 0. The van der Waals surface area contributed by atoms with E-state index in [4.69, 9.17) is 4.52 Å². The summed E-state index contributed by atoms with van der Waals surface area (Å²) in [6, 6.07) is 0. The minimum absolute atomic E-state index is 0.0727. The molecule has 0 aliphatic carbocycles. The molecule has 0 atom stereocenters. The molecule has 1 aliphatic rings. The smallest absolute Gasteiger partial charge is 0.223 e. The van der Waals surface area contributed by atoms with E-state index in [9.17, 15) is 4.39 Å². The fraction of sp³-hybridized carbons (Fsp3) is 0.556. The van der Waals surface area contributed by atoms with Crippen molar-refractivity contribution in [3.63, 3.8) is 0 Å². The van der Waals surface area contributed by atoms with Crippen molar-refractivity contribution in [1.82, 2.24) is 15.0 Å². The highest BCUT2D eigenvalue weighted by Gasteiger charge is 2.14. The molecule has 0 spiro atoms. The average molecular weight is 197 g/mol. The van der Waals surface area contributed by atoms with Crippen molar-refractivity contribution >= 4 is 0 Å². The Balaban J connectivity index is 1.95. The number of halogens is 1. The molecule has 2 heterocycles. The molecule has 5 heteroatoms. The molecule has 0 amide bonds. The first-order valence-corrected chi connectivity index (χ1v) is 4.60. The van der Waals surface area contributed by atoms with Crippen LogP contribution in [0.4, 0.5) is 4.39 Å². The molecule has 0 N–H and O–H groups in total. The highest BCUT2D eigenvalue weighted by molar-refractivity contribution is 5.00. The van der Waals surface area contributed by atoms with Gasteiger partial charge in [-0.2, -0.15) is 4.98 Å². The number of hydrogen-bond donors (Lipinski definition) is 0. The molecular weight excluding hydrogens is 185 g/mol. The van der Waals surface area contributed by atoms with Gasteiger partial charge in [0.05, 0.1) is 13.1 Å². The van der Waals surface area contributed by atoms with Crippen LogP contribution in [0.3, 0.4) is 0 Å². The standard InChI is InChI=1S/C9H12FN3O/c1-7-11-9(12-14-7)6-13-4-2-3-8(10)5-13/h3H,2,4-6H2,1H3. The van der Waals surface area contributed by atoms with E-state index < -0.39 is 0 Å². The minimum Gasteiger partial charge on any atom is -0.340 e. The molecule has 0 unspecified atom stereocenters. The van der Waals surface area contributed by atoms with Crippen LogP contribution in [0.15, 0.2) is 16.4 Å². The zero-order valence-electron chi connectivity index (χ0n) is 8.03. The van der Waals surface area contributed by atoms with Crippen molar-refractivity contribution < 1.29 is 8.91 Å². The van der Waals surface area contributed by atoms with Crippen molar-refractivity contribution in [3.05, 3.63) is 23.6 Å². The van der Waals surface area contributed by atoms with Crippen LogP contribution in [-0.2, 0) is 6.54 Å². The maximum atomic E-state index is 12.9. The average Bonchev–Trinajstić information content (AvgIpc) is 2.51. The number of hydrogen-bond acceptors (Lipinski definition) is 4. The molecule has 4 nitrogen and oxygen atoms in total. The summed E-state index contributed by atoms with van der Waals surface area (Å²) in [4.78, 5) is 6.03. The van der Waals surface area contributed by atoms with Crippen LogP contribution < -0.4 is 0 Å². The second-order valence-corrected chi connectivity index (χ2v) is 3.38. The molecule has 1 aromatic heterocycles. The number of aryl methyl sites for hydroxylation is 1. The van der Waals surface area contributed by atoms with Crippen LogP contribution in [-0.4, -0.2) is 28.1 Å². The molecule has 1 aliphatic heterocycles. The van der Waals surface area contributed by atoms with Crippen molar-refractivity contribution in [2.45, 2.75) is 19.9 Å². The highest BCUT2D eigenvalue weighted by Crippen LogP contribution is 2.12. The predicted octanol–water partition coefficient (Wildman–Crippen LogP) is 1.44. The normalized spacial score (nSPS) is 18.3. The Morgan fingerprint density at radius 1 is 1.64 bits per heavy atom. The van der Waals surface area contributed by atoms with Crippen molar-refractivity contribution in [1.29, 1.82) is 0 Å². The number of rotatable bonds is 2. The largest absolute Gasteiger partial charge is 0.340 e. The summed E-state index contributed by atoms with van der Waals surface area (Å²) in [5.74, 6) is 1.10. The van der Waals surface area contributed by atoms with Crippen LogP contribution in [0.2, 0.25) is 0 Å². The Kier molecular flexibility index (Phi) is 2.58. The molecule has 0 saturated heterocycles. The summed E-state index contributed by atoms with van der Waals surface area (Å²) in [6.07, 6.45) is 2.38. The van der Waals surface area contributed by atoms with Gasteiger partial charge in [-0.25, -0.2) is 4.39 Å². The molecule has 0 aromatic carbocycles. The summed E-state index contributed by atoms with van der Waals surface area (Å²) in [6.45, 7) is 3.50. The lowest BCUT2D eigenvalue weighted by Gasteiger charge is -2.22. The topological polar surface area (TPSA) is 42.2 Å². The Morgan fingerprint density at radius 3 is 3.14 bits per heavy atom. The van der Waals surface area contributed by atoms with Crippen molar-refractivity contribution in [2.24, 2.45) is 0 Å². The lowest BCUT2D eigenvalue weighted by atomic mass is 10.2. The maximum absolute atomic E-state index is 12.9. The summed E-state index contributed by atoms with van der Waals surface area (Å²) in [5, 5.41) is 3.77. The Morgan fingerprint density at radius 2 is 2.50 bits per heavy atom. The molecule has 0 radical (unpaired) electrons. The quantitative estimate of drug-likeness (QED) is 0.719. The van der Waals surface area contributed by atoms with E-state index in [1.165, 1.54) is 0 Å². The molecular formula is C9H12FN3O. The van der Waals surface area contributed by atoms with E-state index >= 15 is 0 Å². The summed E-state index contributed by atoms with van der Waals surface area (Å²) < 4.78 is 17.7. The molecule has 0 bridgehead atoms. The van der Waals surface area contributed by atoms with Gasteiger partial charge in [-0.15, -0.1) is 0 Å². The minimum atomic E-state index is -0.0727. The van der Waals surface area contributed by atoms with E-state index in [1.54, 1.807) is 13.0 Å². The van der Waals surface area contributed by atoms with E-state index in [2.05, 4.69) is 10.1 Å². The Hall–Kier alpha value is -1.23. The van der Waals surface area contributed by atoms with Gasteiger partial charge in [0.15, 0.2) is 5.82 Å². The monoisotopic (exact) mass is 197 g/mol. The second kappa shape index (κ2) is 3.88. The van der Waals surface area contributed by atoms with E-state index in [1.807, 2.05) is 4.90 Å². The van der Waals surface area contributed by atoms with E-state index in [0.29, 0.717) is 24.8 Å². The number of nitrogens with zero attached hydrogens (tertiary/aromatic N) is 3. The van der Waals surface area contributed by atoms with Crippen LogP contribution >= 0.6 is 0 Å². The first-order valence-electron chi connectivity index (χ1n) is 4.60. The molecule has 0 saturated carbocycles. The van der Waals surface area contributed by atoms with Gasteiger partial charge >= 0.3 is 0 Å². The maximum Gasteiger partial charge on any atom is 0.223 e. The predicted molar refractivity (Wildman–Crippen MR) is 48.1 cm³/mol. The third-order valence-electron chi connectivity index (χ3n) is 2.12. The van der Waals surface area contributed by atoms with Gasteiger partial charge < -0.3 is 4.52 Å². The third kappa shape index (κ3) is 2.17. The van der Waals surface area contributed by atoms with E-state index in [0.717, 1.165) is 13.0 Å². The summed E-state index contributed by atoms with van der Waals surface area (Å²) in [7, 11) is 0. The van der Waals surface area contributed by atoms with Crippen molar-refractivity contribution in [2.75, 3.05) is 13.1 Å². The van der Waals surface area contributed by atoms with Crippen LogP contribution in [0.25, 0.3) is 0 Å². The molecule has 14 heavy (non-hydrogen) atoms. The van der Waals surface area contributed by atoms with Gasteiger partial charge in [-0.05, 0) is 6.42 Å². The molecule has 76 valence electrons. The Bertz CT molecular complexity index is 348. The van der Waals surface area contributed by atoms with Gasteiger partial charge in [0, 0.05) is 13.5 Å². The molecule has 2 rings (SSSR count). The van der Waals surface area contributed by atoms with Gasteiger partial charge in [0.2, 0.25) is 5.89 Å². The first-order chi connectivity index (χ1) is 6.74. The zero-order valence-corrected chi connectivity index (χ0v) is 8.03. The second-order valence-electron chi connectivity index (χ2n) is 3.38. The lowest BCUT2D eigenvalue weighted by Crippen LogP contribution is -2.28. The third-order valence-corrected chi connectivity index (χ3v) is 2.12. The highest BCUT2D eigenvalue weighted by atomic mass is 19.1. The van der Waals surface area contributed by atoms with Gasteiger partial charge in [-0.1, -0.05) is 11.2 Å². The summed E-state index contributed by atoms with van der Waals surface area (Å²) >= 11 is 0. The van der Waals surface area contributed by atoms with Crippen LogP contribution in [0.1, 0.15) is 18.1 Å². The lowest BCUT2D eigenvalue weighted by molar-refractivity contribution is 0.249. The fourth-order valence-corrected chi connectivity index (χ4v) is 1.50. The van der Waals surface area contributed by atoms with Crippen molar-refractivity contribution in [3.8, 4) is 0 Å². The van der Waals surface area contributed by atoms with Crippen LogP contribution in [0.5, 0.6) is 0 Å². The zero-order chi connectivity index (χ0) is 9.97. The van der Waals surface area contributed by atoms with Gasteiger partial charge in [-0.3, -0.25) is 4.90 Å². The fourth-order valence-electron chi connectivity index (χ4n) is 1.50.